The molecule has 3 heterocycles. The monoisotopic (exact) mass is 211 g/mol. The largest absolute Gasteiger partial charge is 0.285 e. The first kappa shape index (κ1) is 8.84. The molecule has 3 aromatic heterocycles. The van der Waals surface area contributed by atoms with Gasteiger partial charge in [-0.2, -0.15) is 10.2 Å². The van der Waals surface area contributed by atoms with Crippen molar-refractivity contribution in [3.05, 3.63) is 49.2 Å². The fraction of sp³-hybridized carbons (Fsp3) is 0. The predicted molar refractivity (Wildman–Crippen MR) is 58.9 cm³/mol. The van der Waals surface area contributed by atoms with Gasteiger partial charge < -0.3 is 0 Å². The maximum absolute atomic E-state index is 4.34. The number of aromatic amines is 1. The maximum atomic E-state index is 4.34. The number of aromatic nitrogens is 5. The third kappa shape index (κ3) is 1.38. The molecule has 0 radical (unpaired) electrons. The highest BCUT2D eigenvalue weighted by molar-refractivity contribution is 5.69. The van der Waals surface area contributed by atoms with Gasteiger partial charge in [-0.1, -0.05) is 0 Å². The van der Waals surface area contributed by atoms with E-state index in [2.05, 4.69) is 20.3 Å². The van der Waals surface area contributed by atoms with Crippen molar-refractivity contribution in [1.29, 1.82) is 0 Å². The summed E-state index contributed by atoms with van der Waals surface area (Å²) in [6.07, 6.45) is 8.95. The van der Waals surface area contributed by atoms with Gasteiger partial charge in [-0.25, -0.2) is 9.67 Å². The lowest BCUT2D eigenvalue weighted by Gasteiger charge is -2.05. The van der Waals surface area contributed by atoms with Gasteiger partial charge in [0.25, 0.3) is 0 Å². The molecule has 0 bridgehead atoms. The van der Waals surface area contributed by atoms with Crippen molar-refractivity contribution in [1.82, 2.24) is 25.0 Å². The number of hydrogen-bond donors (Lipinski definition) is 1. The summed E-state index contributed by atoms with van der Waals surface area (Å²) in [5.74, 6) is 0.800. The first-order valence-corrected chi connectivity index (χ1v) is 4.89. The van der Waals surface area contributed by atoms with Crippen LogP contribution in [0.5, 0.6) is 0 Å². The van der Waals surface area contributed by atoms with Crippen molar-refractivity contribution in [3.8, 4) is 16.9 Å². The Labute approximate surface area is 91.8 Å². The number of pyridine rings is 1. The van der Waals surface area contributed by atoms with Crippen LogP contribution < -0.4 is 0 Å². The fourth-order valence-corrected chi connectivity index (χ4v) is 1.60. The highest BCUT2D eigenvalue weighted by atomic mass is 15.3. The summed E-state index contributed by atoms with van der Waals surface area (Å²) in [7, 11) is 0. The molecule has 0 aliphatic heterocycles. The predicted octanol–water partition coefficient (Wildman–Crippen LogP) is 1.66. The van der Waals surface area contributed by atoms with Crippen molar-refractivity contribution >= 4 is 0 Å². The van der Waals surface area contributed by atoms with Crippen molar-refractivity contribution < 1.29 is 0 Å². The Bertz CT molecular complexity index is 515. The van der Waals surface area contributed by atoms with Crippen molar-refractivity contribution in [2.75, 3.05) is 0 Å². The highest BCUT2D eigenvalue weighted by Crippen LogP contribution is 2.22. The van der Waals surface area contributed by atoms with Crippen LogP contribution in [0.2, 0.25) is 0 Å². The fourth-order valence-electron chi connectivity index (χ4n) is 1.60. The van der Waals surface area contributed by atoms with Gasteiger partial charge >= 0.3 is 0 Å². The third-order valence-corrected chi connectivity index (χ3v) is 2.32. The van der Waals surface area contributed by atoms with Crippen LogP contribution in [-0.2, 0) is 0 Å². The topological polar surface area (TPSA) is 59.4 Å². The quantitative estimate of drug-likeness (QED) is 0.701. The molecule has 0 unspecified atom stereocenters. The van der Waals surface area contributed by atoms with E-state index >= 15 is 0 Å². The third-order valence-electron chi connectivity index (χ3n) is 2.32. The van der Waals surface area contributed by atoms with Crippen LogP contribution in [0.25, 0.3) is 16.9 Å². The molecular weight excluding hydrogens is 202 g/mol. The van der Waals surface area contributed by atoms with Gasteiger partial charge in [0.2, 0.25) is 0 Å². The van der Waals surface area contributed by atoms with E-state index in [4.69, 9.17) is 0 Å². The molecular formula is C11H9N5. The highest BCUT2D eigenvalue weighted by Gasteiger charge is 2.08. The van der Waals surface area contributed by atoms with E-state index in [0.717, 1.165) is 16.9 Å². The zero-order valence-corrected chi connectivity index (χ0v) is 8.41. The number of hydrogen-bond acceptors (Lipinski definition) is 3. The van der Waals surface area contributed by atoms with Crippen LogP contribution in [0.4, 0.5) is 0 Å². The molecule has 0 aromatic carbocycles. The van der Waals surface area contributed by atoms with Crippen LogP contribution in [0, 0.1) is 0 Å². The van der Waals surface area contributed by atoms with Crippen LogP contribution >= 0.6 is 0 Å². The maximum Gasteiger partial charge on any atom is 0.161 e. The molecule has 5 nitrogen and oxygen atoms in total. The SMILES string of the molecule is c1cnc(-n2cccn2)c(-c2cn[nH]c2)c1. The Kier molecular flexibility index (Phi) is 2.00. The van der Waals surface area contributed by atoms with E-state index in [1.54, 1.807) is 23.3 Å². The Balaban J connectivity index is 2.19. The van der Waals surface area contributed by atoms with E-state index in [1.807, 2.05) is 30.6 Å². The second-order valence-electron chi connectivity index (χ2n) is 3.31. The second kappa shape index (κ2) is 3.62. The van der Waals surface area contributed by atoms with E-state index in [-0.39, 0.29) is 0 Å². The minimum atomic E-state index is 0.800. The molecule has 0 spiro atoms. The summed E-state index contributed by atoms with van der Waals surface area (Å²) in [4.78, 5) is 4.34. The van der Waals surface area contributed by atoms with Gasteiger partial charge in [0.15, 0.2) is 5.82 Å². The number of nitrogens with zero attached hydrogens (tertiary/aromatic N) is 4. The van der Waals surface area contributed by atoms with Crippen molar-refractivity contribution in [3.63, 3.8) is 0 Å². The molecule has 0 aliphatic carbocycles. The molecule has 0 fully saturated rings. The molecule has 0 atom stereocenters. The van der Waals surface area contributed by atoms with Crippen molar-refractivity contribution in [2.24, 2.45) is 0 Å². The molecule has 3 rings (SSSR count). The second-order valence-corrected chi connectivity index (χ2v) is 3.31. The molecule has 3 aromatic rings. The molecule has 0 saturated heterocycles. The molecule has 5 heteroatoms. The first-order valence-electron chi connectivity index (χ1n) is 4.89. The average molecular weight is 211 g/mol. The first-order chi connectivity index (χ1) is 7.95. The van der Waals surface area contributed by atoms with E-state index < -0.39 is 0 Å². The zero-order chi connectivity index (χ0) is 10.8. The lowest BCUT2D eigenvalue weighted by atomic mass is 10.1. The summed E-state index contributed by atoms with van der Waals surface area (Å²) in [5, 5.41) is 10.9. The molecule has 1 N–H and O–H groups in total. The molecule has 16 heavy (non-hydrogen) atoms. The van der Waals surface area contributed by atoms with Gasteiger partial charge in [-0.3, -0.25) is 5.10 Å². The Hall–Kier alpha value is -2.43. The Morgan fingerprint density at radius 1 is 1.19 bits per heavy atom. The minimum Gasteiger partial charge on any atom is -0.285 e. The summed E-state index contributed by atoms with van der Waals surface area (Å²) in [6, 6.07) is 5.76. The zero-order valence-electron chi connectivity index (χ0n) is 8.41. The van der Waals surface area contributed by atoms with Crippen LogP contribution in [-0.4, -0.2) is 25.0 Å². The van der Waals surface area contributed by atoms with Crippen LogP contribution in [0.15, 0.2) is 49.2 Å². The normalized spacial score (nSPS) is 10.5. The van der Waals surface area contributed by atoms with Gasteiger partial charge in [-0.05, 0) is 18.2 Å². The summed E-state index contributed by atoms with van der Waals surface area (Å²) in [5.41, 5.74) is 2.00. The number of nitrogens with one attached hydrogen (secondary N) is 1. The number of rotatable bonds is 2. The summed E-state index contributed by atoms with van der Waals surface area (Å²) < 4.78 is 1.74. The number of H-pyrrole nitrogens is 1. The molecule has 78 valence electrons. The summed E-state index contributed by atoms with van der Waals surface area (Å²) >= 11 is 0. The van der Waals surface area contributed by atoms with Gasteiger partial charge in [0, 0.05) is 35.9 Å². The standard InChI is InChI=1S/C11H9N5/c1-3-10(9-7-13-14-8-9)11(12-4-1)16-6-2-5-15-16/h1-8H,(H,13,14). The Morgan fingerprint density at radius 3 is 2.94 bits per heavy atom. The lowest BCUT2D eigenvalue weighted by molar-refractivity contribution is 0.849. The van der Waals surface area contributed by atoms with E-state index in [9.17, 15) is 0 Å². The van der Waals surface area contributed by atoms with E-state index in [1.165, 1.54) is 0 Å². The smallest absolute Gasteiger partial charge is 0.161 e. The lowest BCUT2D eigenvalue weighted by Crippen LogP contribution is -1.99. The van der Waals surface area contributed by atoms with Crippen LogP contribution in [0.1, 0.15) is 0 Å². The van der Waals surface area contributed by atoms with Crippen molar-refractivity contribution in [2.45, 2.75) is 0 Å². The van der Waals surface area contributed by atoms with Gasteiger partial charge in [0.1, 0.15) is 0 Å². The van der Waals surface area contributed by atoms with Gasteiger partial charge in [0.05, 0.1) is 6.20 Å². The van der Waals surface area contributed by atoms with Crippen LogP contribution in [0.3, 0.4) is 0 Å². The molecule has 0 aliphatic rings. The molecule has 0 amide bonds. The molecule has 0 saturated carbocycles. The van der Waals surface area contributed by atoms with E-state index in [0.29, 0.717) is 0 Å². The Morgan fingerprint density at radius 2 is 2.19 bits per heavy atom. The van der Waals surface area contributed by atoms with Gasteiger partial charge in [-0.15, -0.1) is 0 Å². The summed E-state index contributed by atoms with van der Waals surface area (Å²) in [6.45, 7) is 0. The average Bonchev–Trinajstić information content (AvgIpc) is 3.03. The minimum absolute atomic E-state index is 0.800.